The Morgan fingerprint density at radius 1 is 1.17 bits per heavy atom. The molecule has 0 saturated carbocycles. The van der Waals surface area contributed by atoms with Crippen LogP contribution in [0.25, 0.3) is 0 Å². The summed E-state index contributed by atoms with van der Waals surface area (Å²) in [5.41, 5.74) is 1.64. The first-order chi connectivity index (χ1) is 13.9. The summed E-state index contributed by atoms with van der Waals surface area (Å²) < 4.78 is 34.1. The average molecular weight is 404 g/mol. The number of ether oxygens (including phenoxy) is 2. The normalized spacial score (nSPS) is 17.0. The Labute approximate surface area is 167 Å². The molecule has 8 heteroatoms. The van der Waals surface area contributed by atoms with E-state index in [1.807, 2.05) is 0 Å². The molecule has 0 aromatic heterocycles. The number of amides is 2. The van der Waals surface area contributed by atoms with Gasteiger partial charge in [-0.2, -0.15) is 8.78 Å². The summed E-state index contributed by atoms with van der Waals surface area (Å²) >= 11 is 0. The SMILES string of the molecule is C[C@@H](NC(=O)c1cccc(NC(=O)[C@H]2CCCO2)c1)c1ccc(OC(F)F)cc1. The van der Waals surface area contributed by atoms with E-state index in [0.29, 0.717) is 24.3 Å². The molecule has 0 aliphatic carbocycles. The second kappa shape index (κ2) is 9.47. The van der Waals surface area contributed by atoms with E-state index >= 15 is 0 Å². The third-order valence-corrected chi connectivity index (χ3v) is 4.57. The summed E-state index contributed by atoms with van der Waals surface area (Å²) in [6.07, 6.45) is 1.09. The van der Waals surface area contributed by atoms with Crippen LogP contribution < -0.4 is 15.4 Å². The van der Waals surface area contributed by atoms with E-state index in [0.717, 1.165) is 12.0 Å². The van der Waals surface area contributed by atoms with Crippen molar-refractivity contribution in [1.29, 1.82) is 0 Å². The Kier molecular flexibility index (Phi) is 6.77. The molecule has 2 atom stereocenters. The Balaban J connectivity index is 1.60. The van der Waals surface area contributed by atoms with E-state index in [2.05, 4.69) is 15.4 Å². The molecule has 2 N–H and O–H groups in total. The lowest BCUT2D eigenvalue weighted by Gasteiger charge is -2.16. The minimum absolute atomic E-state index is 0.0527. The molecule has 29 heavy (non-hydrogen) atoms. The number of nitrogens with one attached hydrogen (secondary N) is 2. The molecule has 1 fully saturated rings. The topological polar surface area (TPSA) is 76.7 Å². The first-order valence-corrected chi connectivity index (χ1v) is 9.30. The van der Waals surface area contributed by atoms with Crippen LogP contribution in [0.5, 0.6) is 5.75 Å². The molecular formula is C21H22F2N2O4. The maximum absolute atomic E-state index is 12.6. The summed E-state index contributed by atoms with van der Waals surface area (Å²) in [6.45, 7) is -0.525. The van der Waals surface area contributed by atoms with E-state index in [9.17, 15) is 18.4 Å². The van der Waals surface area contributed by atoms with Gasteiger partial charge in [-0.15, -0.1) is 0 Å². The summed E-state index contributed by atoms with van der Waals surface area (Å²) in [5.74, 6) is -0.491. The van der Waals surface area contributed by atoms with Crippen LogP contribution in [-0.2, 0) is 9.53 Å². The smallest absolute Gasteiger partial charge is 0.387 e. The number of halogens is 2. The van der Waals surface area contributed by atoms with Crippen LogP contribution in [0.4, 0.5) is 14.5 Å². The first-order valence-electron chi connectivity index (χ1n) is 9.30. The lowest BCUT2D eigenvalue weighted by molar-refractivity contribution is -0.124. The minimum atomic E-state index is -2.88. The maximum Gasteiger partial charge on any atom is 0.387 e. The lowest BCUT2D eigenvalue weighted by Crippen LogP contribution is -2.28. The van der Waals surface area contributed by atoms with Crippen LogP contribution in [0.2, 0.25) is 0 Å². The fourth-order valence-electron chi connectivity index (χ4n) is 3.05. The Hall–Kier alpha value is -3.00. The van der Waals surface area contributed by atoms with Crippen LogP contribution in [0, 0.1) is 0 Å². The molecule has 1 aliphatic rings. The van der Waals surface area contributed by atoms with Gasteiger partial charge in [0.15, 0.2) is 0 Å². The molecule has 0 spiro atoms. The summed E-state index contributed by atoms with van der Waals surface area (Å²) in [5, 5.41) is 5.61. The van der Waals surface area contributed by atoms with Crippen LogP contribution in [0.1, 0.15) is 41.7 Å². The van der Waals surface area contributed by atoms with Crippen molar-refractivity contribution in [3.05, 3.63) is 59.7 Å². The quantitative estimate of drug-likeness (QED) is 0.734. The Bertz CT molecular complexity index is 852. The minimum Gasteiger partial charge on any atom is -0.435 e. The largest absolute Gasteiger partial charge is 0.435 e. The molecule has 2 aromatic carbocycles. The van der Waals surface area contributed by atoms with Gasteiger partial charge in [0.2, 0.25) is 0 Å². The highest BCUT2D eigenvalue weighted by Crippen LogP contribution is 2.20. The number of benzene rings is 2. The summed E-state index contributed by atoms with van der Waals surface area (Å²) in [7, 11) is 0. The molecule has 2 amide bonds. The molecule has 154 valence electrons. The number of hydrogen-bond acceptors (Lipinski definition) is 4. The highest BCUT2D eigenvalue weighted by molar-refractivity contribution is 5.98. The molecule has 1 heterocycles. The van der Waals surface area contributed by atoms with Gasteiger partial charge in [-0.1, -0.05) is 18.2 Å². The van der Waals surface area contributed by atoms with Crippen LogP contribution in [0.15, 0.2) is 48.5 Å². The van der Waals surface area contributed by atoms with Crippen LogP contribution in [-0.4, -0.2) is 31.1 Å². The van der Waals surface area contributed by atoms with E-state index in [-0.39, 0.29) is 23.6 Å². The number of carbonyl (C=O) groups excluding carboxylic acids is 2. The summed E-state index contributed by atoms with van der Waals surface area (Å²) in [4.78, 5) is 24.7. The number of hydrogen-bond donors (Lipinski definition) is 2. The van der Waals surface area contributed by atoms with Gasteiger partial charge in [0.25, 0.3) is 11.8 Å². The molecule has 1 saturated heterocycles. The fraction of sp³-hybridized carbons (Fsp3) is 0.333. The second-order valence-electron chi connectivity index (χ2n) is 6.71. The standard InChI is InChI=1S/C21H22F2N2O4/c1-13(14-7-9-17(10-8-14)29-21(22)23)24-19(26)15-4-2-5-16(12-15)25-20(27)18-6-3-11-28-18/h2,4-5,7-10,12-13,18,21H,3,6,11H2,1H3,(H,24,26)(H,25,27)/t13-,18-/m1/s1. The van der Waals surface area contributed by atoms with Crippen molar-refractivity contribution in [3.8, 4) is 5.75 Å². The zero-order valence-corrected chi connectivity index (χ0v) is 15.9. The number of rotatable bonds is 7. The second-order valence-corrected chi connectivity index (χ2v) is 6.71. The maximum atomic E-state index is 12.6. The van der Waals surface area contributed by atoms with Gasteiger partial charge >= 0.3 is 6.61 Å². The number of carbonyl (C=O) groups is 2. The highest BCUT2D eigenvalue weighted by Gasteiger charge is 2.23. The molecule has 0 bridgehead atoms. The van der Waals surface area contributed by atoms with Crippen molar-refractivity contribution in [3.63, 3.8) is 0 Å². The van der Waals surface area contributed by atoms with Crippen molar-refractivity contribution in [2.45, 2.75) is 38.5 Å². The van der Waals surface area contributed by atoms with Gasteiger partial charge in [-0.05, 0) is 55.7 Å². The van der Waals surface area contributed by atoms with E-state index in [1.165, 1.54) is 12.1 Å². The van der Waals surface area contributed by atoms with Crippen LogP contribution >= 0.6 is 0 Å². The summed E-state index contributed by atoms with van der Waals surface area (Å²) in [6, 6.07) is 12.3. The van der Waals surface area contributed by atoms with E-state index < -0.39 is 12.7 Å². The molecule has 1 aliphatic heterocycles. The first kappa shape index (κ1) is 20.7. The van der Waals surface area contributed by atoms with Gasteiger partial charge in [0.05, 0.1) is 6.04 Å². The van der Waals surface area contributed by atoms with Gasteiger partial charge in [-0.3, -0.25) is 9.59 Å². The highest BCUT2D eigenvalue weighted by atomic mass is 19.3. The van der Waals surface area contributed by atoms with Gasteiger partial charge in [0.1, 0.15) is 11.9 Å². The Morgan fingerprint density at radius 3 is 2.59 bits per heavy atom. The fourth-order valence-corrected chi connectivity index (χ4v) is 3.05. The van der Waals surface area contributed by atoms with Crippen molar-refractivity contribution >= 4 is 17.5 Å². The van der Waals surface area contributed by atoms with Crippen molar-refractivity contribution in [2.75, 3.05) is 11.9 Å². The van der Waals surface area contributed by atoms with Gasteiger partial charge < -0.3 is 20.1 Å². The monoisotopic (exact) mass is 404 g/mol. The predicted octanol–water partition coefficient (Wildman–Crippen LogP) is 3.90. The Morgan fingerprint density at radius 2 is 1.93 bits per heavy atom. The lowest BCUT2D eigenvalue weighted by atomic mass is 10.1. The van der Waals surface area contributed by atoms with E-state index in [4.69, 9.17) is 4.74 Å². The molecule has 0 unspecified atom stereocenters. The van der Waals surface area contributed by atoms with Gasteiger partial charge in [-0.25, -0.2) is 0 Å². The third kappa shape index (κ3) is 5.74. The molecule has 3 rings (SSSR count). The number of anilines is 1. The van der Waals surface area contributed by atoms with Gasteiger partial charge in [0, 0.05) is 17.9 Å². The third-order valence-electron chi connectivity index (χ3n) is 4.57. The zero-order chi connectivity index (χ0) is 20.8. The molecule has 6 nitrogen and oxygen atoms in total. The zero-order valence-electron chi connectivity index (χ0n) is 15.9. The van der Waals surface area contributed by atoms with Crippen molar-refractivity contribution in [1.82, 2.24) is 5.32 Å². The predicted molar refractivity (Wildman–Crippen MR) is 103 cm³/mol. The number of alkyl halides is 2. The average Bonchev–Trinajstić information content (AvgIpc) is 3.23. The van der Waals surface area contributed by atoms with E-state index in [1.54, 1.807) is 43.3 Å². The van der Waals surface area contributed by atoms with Crippen LogP contribution in [0.3, 0.4) is 0 Å². The van der Waals surface area contributed by atoms with Crippen molar-refractivity contribution in [2.24, 2.45) is 0 Å². The molecule has 2 aromatic rings. The van der Waals surface area contributed by atoms with Crippen molar-refractivity contribution < 1.29 is 27.8 Å². The molecule has 0 radical (unpaired) electrons. The molecular weight excluding hydrogens is 382 g/mol.